The Balaban J connectivity index is 2.18. The summed E-state index contributed by atoms with van der Waals surface area (Å²) in [5.74, 6) is 1.28. The highest BCUT2D eigenvalue weighted by atomic mass is 16.5. The summed E-state index contributed by atoms with van der Waals surface area (Å²) in [5, 5.41) is 8.77. The van der Waals surface area contributed by atoms with E-state index in [-0.39, 0.29) is 0 Å². The number of hydrogen-bond acceptors (Lipinski definition) is 2. The summed E-state index contributed by atoms with van der Waals surface area (Å²) in [6.45, 7) is 0. The minimum atomic E-state index is 0.408. The summed E-state index contributed by atoms with van der Waals surface area (Å²) in [6.07, 6.45) is 4.03. The van der Waals surface area contributed by atoms with Crippen LogP contribution in [-0.4, -0.2) is 7.11 Å². The van der Waals surface area contributed by atoms with Gasteiger partial charge in [0.05, 0.1) is 13.2 Å². The molecule has 15 heavy (non-hydrogen) atoms. The Hall–Kier alpha value is -1.75. The summed E-state index contributed by atoms with van der Waals surface area (Å²) in [6, 6.07) is 10.3. The highest BCUT2D eigenvalue weighted by molar-refractivity contribution is 5.37. The first kappa shape index (κ1) is 9.79. The lowest BCUT2D eigenvalue weighted by molar-refractivity contribution is 0.414. The number of benzene rings is 1. The van der Waals surface area contributed by atoms with Crippen molar-refractivity contribution in [2.24, 2.45) is 0 Å². The van der Waals surface area contributed by atoms with E-state index < -0.39 is 0 Å². The van der Waals surface area contributed by atoms with E-state index >= 15 is 0 Å². The van der Waals surface area contributed by atoms with Gasteiger partial charge in [-0.25, -0.2) is 0 Å². The Kier molecular flexibility index (Phi) is 2.73. The van der Waals surface area contributed by atoms with Crippen LogP contribution in [0.2, 0.25) is 0 Å². The van der Waals surface area contributed by atoms with Gasteiger partial charge in [-0.15, -0.1) is 0 Å². The monoisotopic (exact) mass is 199 g/mol. The molecule has 0 heterocycles. The first-order valence-electron chi connectivity index (χ1n) is 5.08. The van der Waals surface area contributed by atoms with Gasteiger partial charge >= 0.3 is 0 Å². The maximum Gasteiger partial charge on any atom is 0.118 e. The molecule has 76 valence electrons. The van der Waals surface area contributed by atoms with Crippen molar-refractivity contribution in [2.45, 2.75) is 18.8 Å². The molecule has 0 spiro atoms. The van der Waals surface area contributed by atoms with Crippen molar-refractivity contribution in [2.75, 3.05) is 7.11 Å². The molecular formula is C13H13NO. The summed E-state index contributed by atoms with van der Waals surface area (Å²) in [4.78, 5) is 0. The zero-order chi connectivity index (χ0) is 10.7. The summed E-state index contributed by atoms with van der Waals surface area (Å²) in [7, 11) is 1.66. The van der Waals surface area contributed by atoms with Gasteiger partial charge in [-0.05, 0) is 30.5 Å². The van der Waals surface area contributed by atoms with Crippen LogP contribution in [0.15, 0.2) is 35.9 Å². The fourth-order valence-electron chi connectivity index (χ4n) is 1.93. The largest absolute Gasteiger partial charge is 0.497 e. The first-order valence-corrected chi connectivity index (χ1v) is 5.08. The van der Waals surface area contributed by atoms with Gasteiger partial charge in [-0.3, -0.25) is 0 Å². The second kappa shape index (κ2) is 4.18. The molecule has 1 aliphatic carbocycles. The van der Waals surface area contributed by atoms with Crippen molar-refractivity contribution < 1.29 is 4.74 Å². The van der Waals surface area contributed by atoms with Gasteiger partial charge < -0.3 is 4.74 Å². The van der Waals surface area contributed by atoms with Gasteiger partial charge in [0.15, 0.2) is 0 Å². The lowest BCUT2D eigenvalue weighted by Crippen LogP contribution is -1.90. The van der Waals surface area contributed by atoms with Crippen molar-refractivity contribution in [1.29, 1.82) is 5.26 Å². The van der Waals surface area contributed by atoms with Gasteiger partial charge in [-0.1, -0.05) is 18.2 Å². The number of methoxy groups -OCH3 is 1. The molecule has 0 aliphatic heterocycles. The van der Waals surface area contributed by atoms with Crippen molar-refractivity contribution in [3.05, 3.63) is 41.5 Å². The van der Waals surface area contributed by atoms with E-state index in [1.54, 1.807) is 7.11 Å². The molecule has 0 unspecified atom stereocenters. The van der Waals surface area contributed by atoms with Crippen LogP contribution in [0.3, 0.4) is 0 Å². The van der Waals surface area contributed by atoms with Crippen LogP contribution in [0.1, 0.15) is 24.3 Å². The molecule has 0 fully saturated rings. The van der Waals surface area contributed by atoms with E-state index in [1.165, 1.54) is 5.56 Å². The van der Waals surface area contributed by atoms with Crippen LogP contribution in [0, 0.1) is 11.3 Å². The third-order valence-electron chi connectivity index (χ3n) is 2.81. The minimum Gasteiger partial charge on any atom is -0.497 e. The average Bonchev–Trinajstić information content (AvgIpc) is 2.78. The maximum atomic E-state index is 8.77. The Labute approximate surface area is 89.8 Å². The second-order valence-electron chi connectivity index (χ2n) is 3.72. The molecule has 2 heteroatoms. The normalized spacial score (nSPS) is 19.5. The average molecular weight is 199 g/mol. The van der Waals surface area contributed by atoms with Crippen LogP contribution >= 0.6 is 0 Å². The fraction of sp³-hybridized carbons (Fsp3) is 0.308. The summed E-state index contributed by atoms with van der Waals surface area (Å²) < 4.78 is 5.11. The zero-order valence-corrected chi connectivity index (χ0v) is 8.73. The van der Waals surface area contributed by atoms with Crippen molar-refractivity contribution in [3.63, 3.8) is 0 Å². The van der Waals surface area contributed by atoms with Crippen LogP contribution in [0.4, 0.5) is 0 Å². The lowest BCUT2D eigenvalue weighted by atomic mass is 9.99. The molecule has 1 atom stereocenters. The molecule has 0 N–H and O–H groups in total. The summed E-state index contributed by atoms with van der Waals surface area (Å²) in [5.41, 5.74) is 2.18. The van der Waals surface area contributed by atoms with E-state index in [4.69, 9.17) is 10.00 Å². The van der Waals surface area contributed by atoms with E-state index in [9.17, 15) is 0 Å². The predicted molar refractivity (Wildman–Crippen MR) is 58.7 cm³/mol. The smallest absolute Gasteiger partial charge is 0.118 e. The third kappa shape index (κ3) is 2.02. The molecule has 0 bridgehead atoms. The molecule has 1 aliphatic rings. The molecule has 0 amide bonds. The molecule has 2 rings (SSSR count). The van der Waals surface area contributed by atoms with Gasteiger partial charge in [-0.2, -0.15) is 5.26 Å². The van der Waals surface area contributed by atoms with E-state index in [1.807, 2.05) is 12.1 Å². The number of ether oxygens (including phenoxy) is 1. The zero-order valence-electron chi connectivity index (χ0n) is 8.73. The quantitative estimate of drug-likeness (QED) is 0.733. The van der Waals surface area contributed by atoms with Crippen LogP contribution < -0.4 is 4.74 Å². The van der Waals surface area contributed by atoms with E-state index in [2.05, 4.69) is 24.3 Å². The molecule has 0 radical (unpaired) electrons. The Morgan fingerprint density at radius 2 is 2.07 bits per heavy atom. The third-order valence-corrected chi connectivity index (χ3v) is 2.81. The van der Waals surface area contributed by atoms with Gasteiger partial charge in [0, 0.05) is 11.5 Å². The van der Waals surface area contributed by atoms with Gasteiger partial charge in [0.2, 0.25) is 0 Å². The SMILES string of the molecule is COc1ccc([C@@H]2C=C(C#N)CC2)cc1. The number of nitrogens with zero attached hydrogens (tertiary/aromatic N) is 1. The van der Waals surface area contributed by atoms with E-state index in [0.717, 1.165) is 24.2 Å². The standard InChI is InChI=1S/C13H13NO/c1-15-13-6-4-11(5-7-13)12-3-2-10(8-12)9-14/h4-8,12H,2-3H2,1H3/t12-/m0/s1. The predicted octanol–water partition coefficient (Wildman–Crippen LogP) is 3.02. The molecule has 0 aromatic heterocycles. The summed E-state index contributed by atoms with van der Waals surface area (Å²) >= 11 is 0. The number of nitriles is 1. The van der Waals surface area contributed by atoms with Crippen LogP contribution in [0.5, 0.6) is 5.75 Å². The molecule has 0 saturated heterocycles. The van der Waals surface area contributed by atoms with Crippen molar-refractivity contribution in [3.8, 4) is 11.8 Å². The number of hydrogen-bond donors (Lipinski definition) is 0. The number of allylic oxidation sites excluding steroid dienone is 2. The highest BCUT2D eigenvalue weighted by Gasteiger charge is 2.16. The lowest BCUT2D eigenvalue weighted by Gasteiger charge is -2.08. The van der Waals surface area contributed by atoms with Crippen molar-refractivity contribution >= 4 is 0 Å². The minimum absolute atomic E-state index is 0.408. The molecule has 1 aromatic carbocycles. The molecular weight excluding hydrogens is 186 g/mol. The Morgan fingerprint density at radius 3 is 2.60 bits per heavy atom. The van der Waals surface area contributed by atoms with Crippen LogP contribution in [-0.2, 0) is 0 Å². The Bertz CT molecular complexity index is 411. The molecule has 0 saturated carbocycles. The highest BCUT2D eigenvalue weighted by Crippen LogP contribution is 2.32. The second-order valence-corrected chi connectivity index (χ2v) is 3.72. The van der Waals surface area contributed by atoms with Crippen molar-refractivity contribution in [1.82, 2.24) is 0 Å². The van der Waals surface area contributed by atoms with Gasteiger partial charge in [0.1, 0.15) is 5.75 Å². The van der Waals surface area contributed by atoms with E-state index in [0.29, 0.717) is 5.92 Å². The number of rotatable bonds is 2. The molecule has 2 nitrogen and oxygen atoms in total. The first-order chi connectivity index (χ1) is 7.33. The van der Waals surface area contributed by atoms with Gasteiger partial charge in [0.25, 0.3) is 0 Å². The van der Waals surface area contributed by atoms with Crippen LogP contribution in [0.25, 0.3) is 0 Å². The maximum absolute atomic E-state index is 8.77. The fourth-order valence-corrected chi connectivity index (χ4v) is 1.93. The Morgan fingerprint density at radius 1 is 1.33 bits per heavy atom. The topological polar surface area (TPSA) is 33.0 Å². The molecule has 1 aromatic rings.